The van der Waals surface area contributed by atoms with Crippen LogP contribution >= 0.6 is 0 Å². The van der Waals surface area contributed by atoms with Gasteiger partial charge in [0.15, 0.2) is 5.82 Å². The van der Waals surface area contributed by atoms with E-state index in [2.05, 4.69) is 20.4 Å². The van der Waals surface area contributed by atoms with E-state index in [1.807, 2.05) is 0 Å². The number of hydrogen-bond acceptors (Lipinski definition) is 7. The van der Waals surface area contributed by atoms with Crippen LogP contribution in [0.3, 0.4) is 0 Å². The number of nitrogens with one attached hydrogen (secondary N) is 1. The number of carbonyl (C=O) groups is 1. The molecule has 1 unspecified atom stereocenters. The molecule has 1 aliphatic heterocycles. The Hall–Kier alpha value is -2.30. The van der Waals surface area contributed by atoms with Crippen LogP contribution in [0.1, 0.15) is 36.9 Å². The van der Waals surface area contributed by atoms with Gasteiger partial charge in [-0.2, -0.15) is 4.98 Å². The van der Waals surface area contributed by atoms with Gasteiger partial charge in [-0.25, -0.2) is 13.6 Å². The predicted octanol–water partition coefficient (Wildman–Crippen LogP) is 1.23. The van der Waals surface area contributed by atoms with Crippen LogP contribution in [0, 0.1) is 6.92 Å². The second-order valence-electron chi connectivity index (χ2n) is 6.69. The summed E-state index contributed by atoms with van der Waals surface area (Å²) in [7, 11) is -3.74. The van der Waals surface area contributed by atoms with Crippen molar-refractivity contribution in [3.05, 3.63) is 36.0 Å². The number of amides is 1. The molecule has 2 heterocycles. The van der Waals surface area contributed by atoms with Crippen molar-refractivity contribution in [2.24, 2.45) is 5.14 Å². The van der Waals surface area contributed by atoms with Crippen LogP contribution in [0.25, 0.3) is 0 Å². The molecular formula is C17H23N5O4S. The Morgan fingerprint density at radius 2 is 2.11 bits per heavy atom. The first kappa shape index (κ1) is 19.5. The van der Waals surface area contributed by atoms with Gasteiger partial charge in [0.1, 0.15) is 0 Å². The topological polar surface area (TPSA) is 131 Å². The summed E-state index contributed by atoms with van der Waals surface area (Å²) in [6.07, 6.45) is 2.36. The first-order valence-electron chi connectivity index (χ1n) is 8.76. The van der Waals surface area contributed by atoms with Crippen molar-refractivity contribution < 1.29 is 17.7 Å². The van der Waals surface area contributed by atoms with Gasteiger partial charge < -0.3 is 14.7 Å². The molecule has 0 spiro atoms. The van der Waals surface area contributed by atoms with Crippen molar-refractivity contribution in [2.45, 2.75) is 37.0 Å². The Balaban J connectivity index is 1.48. The number of aromatic nitrogens is 2. The zero-order chi connectivity index (χ0) is 19.4. The maximum absolute atomic E-state index is 12.2. The molecule has 0 saturated carbocycles. The van der Waals surface area contributed by atoms with Gasteiger partial charge in [0, 0.05) is 25.2 Å². The molecule has 2 aromatic rings. The molecule has 1 saturated heterocycles. The van der Waals surface area contributed by atoms with Crippen molar-refractivity contribution in [3.63, 3.8) is 0 Å². The minimum atomic E-state index is -3.74. The van der Waals surface area contributed by atoms with Gasteiger partial charge in [-0.3, -0.25) is 4.79 Å². The normalized spacial score (nSPS) is 18.4. The third-order valence-corrected chi connectivity index (χ3v) is 5.45. The Morgan fingerprint density at radius 1 is 1.37 bits per heavy atom. The minimum absolute atomic E-state index is 0.0103. The molecule has 1 aliphatic rings. The smallest absolute Gasteiger partial charge is 0.238 e. The fraction of sp³-hybridized carbons (Fsp3) is 0.471. The summed E-state index contributed by atoms with van der Waals surface area (Å²) in [5, 5.41) is 11.7. The van der Waals surface area contributed by atoms with Crippen LogP contribution in [0.15, 0.2) is 33.7 Å². The highest BCUT2D eigenvalue weighted by Crippen LogP contribution is 2.25. The fourth-order valence-corrected chi connectivity index (χ4v) is 3.67. The van der Waals surface area contributed by atoms with E-state index in [0.29, 0.717) is 30.4 Å². The lowest BCUT2D eigenvalue weighted by Gasteiger charge is -2.30. The number of nitrogens with zero attached hydrogens (tertiary/aromatic N) is 3. The van der Waals surface area contributed by atoms with Gasteiger partial charge in [-0.15, -0.1) is 0 Å². The lowest BCUT2D eigenvalue weighted by atomic mass is 9.98. The zero-order valence-electron chi connectivity index (χ0n) is 15.1. The summed E-state index contributed by atoms with van der Waals surface area (Å²) < 4.78 is 27.8. The molecule has 27 heavy (non-hydrogen) atoms. The van der Waals surface area contributed by atoms with Crippen molar-refractivity contribution >= 4 is 21.6 Å². The molecule has 9 nitrogen and oxygen atoms in total. The summed E-state index contributed by atoms with van der Waals surface area (Å²) >= 11 is 0. The number of benzene rings is 1. The van der Waals surface area contributed by atoms with Crippen LogP contribution in [0.4, 0.5) is 5.69 Å². The maximum atomic E-state index is 12.2. The predicted molar refractivity (Wildman–Crippen MR) is 98.5 cm³/mol. The van der Waals surface area contributed by atoms with E-state index in [0.717, 1.165) is 25.9 Å². The molecule has 1 aromatic carbocycles. The second kappa shape index (κ2) is 8.15. The molecule has 1 atom stereocenters. The summed E-state index contributed by atoms with van der Waals surface area (Å²) in [6.45, 7) is 4.15. The van der Waals surface area contributed by atoms with E-state index < -0.39 is 10.0 Å². The summed E-state index contributed by atoms with van der Waals surface area (Å²) in [5.74, 6) is 1.37. The summed E-state index contributed by atoms with van der Waals surface area (Å²) in [4.78, 5) is 18.7. The van der Waals surface area contributed by atoms with Gasteiger partial charge in [-0.05, 0) is 50.6 Å². The third kappa shape index (κ3) is 5.34. The number of primary sulfonamides is 1. The number of aryl methyl sites for hydroxylation is 1. The zero-order valence-corrected chi connectivity index (χ0v) is 15.9. The molecule has 3 rings (SSSR count). The van der Waals surface area contributed by atoms with Gasteiger partial charge in [0.25, 0.3) is 0 Å². The minimum Gasteiger partial charge on any atom is -0.339 e. The molecule has 0 aliphatic carbocycles. The Labute approximate surface area is 158 Å². The largest absolute Gasteiger partial charge is 0.339 e. The maximum Gasteiger partial charge on any atom is 0.238 e. The third-order valence-electron chi connectivity index (χ3n) is 4.52. The van der Waals surface area contributed by atoms with Crippen LogP contribution in [-0.2, 0) is 14.8 Å². The fourth-order valence-electron chi connectivity index (χ4n) is 3.15. The van der Waals surface area contributed by atoms with E-state index in [4.69, 9.17) is 9.66 Å². The summed E-state index contributed by atoms with van der Waals surface area (Å²) in [5.41, 5.74) is 0.533. The number of likely N-dealkylation sites (tertiary alicyclic amines) is 1. The molecule has 1 amide bonds. The summed E-state index contributed by atoms with van der Waals surface area (Å²) in [6, 6.07) is 5.78. The van der Waals surface area contributed by atoms with E-state index in [1.165, 1.54) is 24.3 Å². The number of anilines is 1. The molecule has 1 fully saturated rings. The Morgan fingerprint density at radius 3 is 2.74 bits per heavy atom. The molecular weight excluding hydrogens is 370 g/mol. The number of carbonyl (C=O) groups excluding carboxylic acids is 1. The van der Waals surface area contributed by atoms with Crippen molar-refractivity contribution in [2.75, 3.05) is 25.0 Å². The number of rotatable bonds is 6. The van der Waals surface area contributed by atoms with Gasteiger partial charge in [0.05, 0.1) is 10.8 Å². The van der Waals surface area contributed by atoms with Crippen molar-refractivity contribution in [1.82, 2.24) is 15.0 Å². The van der Waals surface area contributed by atoms with Crippen molar-refractivity contribution in [3.8, 4) is 0 Å². The standard InChI is InChI=1S/C17H23N5O4S/c1-12-19-17(26-21-12)13-3-2-9-22(11-13)10-8-16(23)20-14-4-6-15(7-5-14)27(18,24)25/h4-7,13H,2-3,8-11H2,1H3,(H,20,23)(H2,18,24,25). The number of nitrogens with two attached hydrogens (primary N) is 1. The van der Waals surface area contributed by atoms with Crippen LogP contribution in [-0.4, -0.2) is 49.0 Å². The second-order valence-corrected chi connectivity index (χ2v) is 8.25. The Bertz CT molecular complexity index is 894. The van der Waals surface area contributed by atoms with Gasteiger partial charge in [0.2, 0.25) is 21.8 Å². The highest BCUT2D eigenvalue weighted by molar-refractivity contribution is 7.89. The SMILES string of the molecule is Cc1noc(C2CCCN(CCC(=O)Nc3ccc(S(N)(=O)=O)cc3)C2)n1. The van der Waals surface area contributed by atoms with E-state index in [9.17, 15) is 13.2 Å². The molecule has 3 N–H and O–H groups in total. The van der Waals surface area contributed by atoms with Crippen molar-refractivity contribution in [1.29, 1.82) is 0 Å². The van der Waals surface area contributed by atoms with E-state index in [-0.39, 0.29) is 16.7 Å². The molecule has 10 heteroatoms. The monoisotopic (exact) mass is 393 g/mol. The van der Waals surface area contributed by atoms with Gasteiger partial charge in [-0.1, -0.05) is 5.16 Å². The lowest BCUT2D eigenvalue weighted by molar-refractivity contribution is -0.116. The number of sulfonamides is 1. The average molecular weight is 393 g/mol. The molecule has 0 bridgehead atoms. The average Bonchev–Trinajstić information content (AvgIpc) is 3.06. The highest BCUT2D eigenvalue weighted by atomic mass is 32.2. The van der Waals surface area contributed by atoms with E-state index in [1.54, 1.807) is 6.92 Å². The van der Waals surface area contributed by atoms with Gasteiger partial charge >= 0.3 is 0 Å². The van der Waals surface area contributed by atoms with Crippen LogP contribution in [0.2, 0.25) is 0 Å². The number of hydrogen-bond donors (Lipinski definition) is 2. The first-order valence-corrected chi connectivity index (χ1v) is 10.3. The molecule has 146 valence electrons. The molecule has 0 radical (unpaired) electrons. The van der Waals surface area contributed by atoms with Crippen LogP contribution < -0.4 is 10.5 Å². The quantitative estimate of drug-likeness (QED) is 0.754. The van der Waals surface area contributed by atoms with Crippen LogP contribution in [0.5, 0.6) is 0 Å². The number of piperidine rings is 1. The lowest BCUT2D eigenvalue weighted by Crippen LogP contribution is -2.36. The highest BCUT2D eigenvalue weighted by Gasteiger charge is 2.25. The van der Waals surface area contributed by atoms with E-state index >= 15 is 0 Å². The molecule has 1 aromatic heterocycles. The first-order chi connectivity index (χ1) is 12.8. The Kier molecular flexibility index (Phi) is 5.88.